The summed E-state index contributed by atoms with van der Waals surface area (Å²) in [5.74, 6) is -1.34. The molecule has 0 bridgehead atoms. The number of nitro groups is 1. The van der Waals surface area contributed by atoms with Crippen molar-refractivity contribution >= 4 is 47.0 Å². The first-order valence-electron chi connectivity index (χ1n) is 8.60. The van der Waals surface area contributed by atoms with Gasteiger partial charge in [0.25, 0.3) is 5.91 Å². The number of anilines is 1. The Hall–Kier alpha value is -3.66. The van der Waals surface area contributed by atoms with E-state index in [1.54, 1.807) is 18.2 Å². The Bertz CT molecular complexity index is 1110. The summed E-state index contributed by atoms with van der Waals surface area (Å²) in [6, 6.07) is 8.92. The third kappa shape index (κ3) is 4.18. The smallest absolute Gasteiger partial charge is 0.312 e. The van der Waals surface area contributed by atoms with Gasteiger partial charge in [-0.2, -0.15) is 0 Å². The molecule has 30 heavy (non-hydrogen) atoms. The number of nitro benzene ring substituents is 1. The molecule has 0 fully saturated rings. The van der Waals surface area contributed by atoms with Gasteiger partial charge < -0.3 is 9.47 Å². The fourth-order valence-electron chi connectivity index (χ4n) is 2.83. The van der Waals surface area contributed by atoms with Gasteiger partial charge in [0.2, 0.25) is 11.7 Å². The number of amides is 2. The molecule has 154 valence electrons. The predicted molar refractivity (Wildman–Crippen MR) is 109 cm³/mol. The molecule has 0 aliphatic carbocycles. The van der Waals surface area contributed by atoms with E-state index < -0.39 is 28.4 Å². The van der Waals surface area contributed by atoms with Crippen molar-refractivity contribution < 1.29 is 28.8 Å². The molecule has 0 saturated heterocycles. The number of nitrogens with zero attached hydrogens (tertiary/aromatic N) is 2. The highest BCUT2D eigenvalue weighted by atomic mass is 32.2. The van der Waals surface area contributed by atoms with Crippen LogP contribution in [0.1, 0.15) is 19.4 Å². The first-order chi connectivity index (χ1) is 14.2. The number of ether oxygens (including phenoxy) is 2. The second kappa shape index (κ2) is 8.37. The van der Waals surface area contributed by atoms with E-state index in [2.05, 4.69) is 0 Å². The van der Waals surface area contributed by atoms with Crippen molar-refractivity contribution in [2.75, 3.05) is 12.0 Å². The van der Waals surface area contributed by atoms with Gasteiger partial charge in [0.15, 0.2) is 0 Å². The van der Waals surface area contributed by atoms with Gasteiger partial charge >= 0.3 is 11.7 Å². The van der Waals surface area contributed by atoms with Crippen molar-refractivity contribution in [2.24, 2.45) is 0 Å². The summed E-state index contributed by atoms with van der Waals surface area (Å²) in [5, 5.41) is 11.3. The molecule has 10 heteroatoms. The van der Waals surface area contributed by atoms with E-state index in [9.17, 15) is 24.5 Å². The minimum atomic E-state index is -0.690. The number of fused-ring (bicyclic) bond motifs is 1. The van der Waals surface area contributed by atoms with Crippen LogP contribution < -0.4 is 14.4 Å². The van der Waals surface area contributed by atoms with Gasteiger partial charge in [-0.3, -0.25) is 24.5 Å². The molecule has 1 aliphatic heterocycles. The van der Waals surface area contributed by atoms with Gasteiger partial charge in [-0.15, -0.1) is 0 Å². The molecule has 0 atom stereocenters. The quantitative estimate of drug-likeness (QED) is 0.239. The molecule has 2 aromatic rings. The predicted octanol–water partition coefficient (Wildman–Crippen LogP) is 3.56. The number of rotatable bonds is 4. The summed E-state index contributed by atoms with van der Waals surface area (Å²) in [6.45, 7) is 2.41. The standard InChI is InChI=1S/C20H16N2O7S/c1-11(23)21-15-6-5-14(28-3)10-18(15)30-19(20(21)25)9-13-4-7-17(29-12(2)24)16(8-13)22(26)27/h4-10H,1-3H3. The van der Waals surface area contributed by atoms with E-state index in [1.165, 1.54) is 38.3 Å². The SMILES string of the molecule is COc1ccc2c(c1)SC(=Cc1ccc(OC(C)=O)c([N+](=O)[O-])c1)C(=O)N2C(C)=O. The van der Waals surface area contributed by atoms with Gasteiger partial charge in [-0.1, -0.05) is 17.8 Å². The number of hydrogen-bond acceptors (Lipinski definition) is 8. The second-order valence-corrected chi connectivity index (χ2v) is 7.27. The number of esters is 1. The zero-order valence-electron chi connectivity index (χ0n) is 16.2. The molecule has 0 radical (unpaired) electrons. The molecule has 0 spiro atoms. The molecule has 2 aromatic carbocycles. The Morgan fingerprint density at radius 1 is 1.17 bits per heavy atom. The first-order valence-corrected chi connectivity index (χ1v) is 9.42. The molecule has 1 heterocycles. The van der Waals surface area contributed by atoms with Crippen LogP contribution in [0.25, 0.3) is 6.08 Å². The Labute approximate surface area is 175 Å². The first kappa shape index (κ1) is 21.1. The number of benzene rings is 2. The molecule has 9 nitrogen and oxygen atoms in total. The maximum Gasteiger partial charge on any atom is 0.312 e. The molecular weight excluding hydrogens is 412 g/mol. The van der Waals surface area contributed by atoms with Crippen LogP contribution >= 0.6 is 11.8 Å². The number of carbonyl (C=O) groups is 3. The molecule has 0 unspecified atom stereocenters. The fourth-order valence-corrected chi connectivity index (χ4v) is 3.88. The summed E-state index contributed by atoms with van der Waals surface area (Å²) in [4.78, 5) is 48.7. The second-order valence-electron chi connectivity index (χ2n) is 6.18. The van der Waals surface area contributed by atoms with E-state index in [1.807, 2.05) is 0 Å². The highest BCUT2D eigenvalue weighted by molar-refractivity contribution is 8.04. The van der Waals surface area contributed by atoms with E-state index in [-0.39, 0.29) is 10.7 Å². The lowest BCUT2D eigenvalue weighted by Gasteiger charge is -2.28. The highest BCUT2D eigenvalue weighted by Crippen LogP contribution is 2.44. The van der Waals surface area contributed by atoms with Gasteiger partial charge in [0, 0.05) is 24.8 Å². The van der Waals surface area contributed by atoms with Crippen LogP contribution in [0.15, 0.2) is 46.2 Å². The monoisotopic (exact) mass is 428 g/mol. The fraction of sp³-hybridized carbons (Fsp3) is 0.150. The Morgan fingerprint density at radius 2 is 1.90 bits per heavy atom. The van der Waals surface area contributed by atoms with Crippen molar-refractivity contribution in [1.29, 1.82) is 0 Å². The number of methoxy groups -OCH3 is 1. The summed E-state index contributed by atoms with van der Waals surface area (Å²) in [5.41, 5.74) is 0.355. The lowest BCUT2D eigenvalue weighted by atomic mass is 10.1. The number of hydrogen-bond donors (Lipinski definition) is 0. The van der Waals surface area contributed by atoms with Crippen LogP contribution in [0.5, 0.6) is 11.5 Å². The van der Waals surface area contributed by atoms with E-state index in [0.717, 1.165) is 23.6 Å². The Kier molecular flexibility index (Phi) is 5.88. The molecule has 1 aliphatic rings. The molecular formula is C20H16N2O7S. The summed E-state index contributed by atoms with van der Waals surface area (Å²) in [7, 11) is 1.50. The molecule has 3 rings (SSSR count). The molecule has 2 amide bonds. The third-order valence-electron chi connectivity index (χ3n) is 4.09. The zero-order chi connectivity index (χ0) is 22.0. The van der Waals surface area contributed by atoms with Crippen molar-refractivity contribution in [3.63, 3.8) is 0 Å². The van der Waals surface area contributed by atoms with Crippen LogP contribution in [-0.2, 0) is 14.4 Å². The minimum absolute atomic E-state index is 0.195. The minimum Gasteiger partial charge on any atom is -0.497 e. The molecule has 0 aromatic heterocycles. The Morgan fingerprint density at radius 3 is 2.50 bits per heavy atom. The highest BCUT2D eigenvalue weighted by Gasteiger charge is 2.32. The zero-order valence-corrected chi connectivity index (χ0v) is 17.0. The van der Waals surface area contributed by atoms with Crippen molar-refractivity contribution in [3.05, 3.63) is 57.0 Å². The van der Waals surface area contributed by atoms with Gasteiger partial charge in [-0.25, -0.2) is 4.90 Å². The maximum atomic E-state index is 12.9. The van der Waals surface area contributed by atoms with Crippen LogP contribution in [0.3, 0.4) is 0 Å². The van der Waals surface area contributed by atoms with Crippen molar-refractivity contribution in [2.45, 2.75) is 18.7 Å². The summed E-state index contributed by atoms with van der Waals surface area (Å²) in [6.07, 6.45) is 1.44. The summed E-state index contributed by atoms with van der Waals surface area (Å²) >= 11 is 1.12. The molecule has 0 N–H and O–H groups in total. The lowest BCUT2D eigenvalue weighted by Crippen LogP contribution is -2.38. The number of thioether (sulfide) groups is 1. The third-order valence-corrected chi connectivity index (χ3v) is 5.15. The lowest BCUT2D eigenvalue weighted by molar-refractivity contribution is -0.385. The Balaban J connectivity index is 2.07. The van der Waals surface area contributed by atoms with Crippen LogP contribution in [0, 0.1) is 10.1 Å². The maximum absolute atomic E-state index is 12.9. The van der Waals surface area contributed by atoms with E-state index in [4.69, 9.17) is 9.47 Å². The average Bonchev–Trinajstić information content (AvgIpc) is 2.68. The van der Waals surface area contributed by atoms with Crippen LogP contribution in [0.2, 0.25) is 0 Å². The van der Waals surface area contributed by atoms with E-state index >= 15 is 0 Å². The number of imide groups is 1. The summed E-state index contributed by atoms with van der Waals surface area (Å²) < 4.78 is 10.1. The van der Waals surface area contributed by atoms with Gasteiger partial charge in [0.05, 0.1) is 22.6 Å². The number of carbonyl (C=O) groups excluding carboxylic acids is 3. The largest absolute Gasteiger partial charge is 0.497 e. The van der Waals surface area contributed by atoms with Gasteiger partial charge in [-0.05, 0) is 35.9 Å². The van der Waals surface area contributed by atoms with Crippen molar-refractivity contribution in [3.8, 4) is 11.5 Å². The van der Waals surface area contributed by atoms with Crippen LogP contribution in [-0.4, -0.2) is 29.8 Å². The van der Waals surface area contributed by atoms with Crippen molar-refractivity contribution in [1.82, 2.24) is 0 Å². The van der Waals surface area contributed by atoms with Gasteiger partial charge in [0.1, 0.15) is 5.75 Å². The molecule has 0 saturated carbocycles. The van der Waals surface area contributed by atoms with E-state index in [0.29, 0.717) is 21.9 Å². The normalized spacial score (nSPS) is 14.3. The topological polar surface area (TPSA) is 116 Å². The van der Waals surface area contributed by atoms with Crippen LogP contribution in [0.4, 0.5) is 11.4 Å². The average molecular weight is 428 g/mol.